The lowest BCUT2D eigenvalue weighted by Crippen LogP contribution is -2.19. The van der Waals surface area contributed by atoms with Crippen molar-refractivity contribution in [2.75, 3.05) is 33.5 Å². The van der Waals surface area contributed by atoms with Gasteiger partial charge in [-0.3, -0.25) is 0 Å². The number of allylic oxidation sites excluding steroid dienone is 4. The molecule has 0 fully saturated rings. The summed E-state index contributed by atoms with van der Waals surface area (Å²) >= 11 is 0. The first-order valence-electron chi connectivity index (χ1n) is 14.0. The van der Waals surface area contributed by atoms with Gasteiger partial charge in [-0.25, -0.2) is 9.59 Å². The third kappa shape index (κ3) is 10.0. The summed E-state index contributed by atoms with van der Waals surface area (Å²) in [6, 6.07) is 13.6. The highest BCUT2D eigenvalue weighted by atomic mass is 16.7. The molecule has 0 aliphatic heterocycles. The zero-order valence-electron chi connectivity index (χ0n) is 25.4. The molecule has 0 saturated carbocycles. The first kappa shape index (κ1) is 32.9. The molecule has 0 amide bonds. The number of carbonyl (C=O) groups is 2. The Balaban J connectivity index is 1.67. The molecule has 2 aromatic carbocycles. The number of ether oxygens (including phenoxy) is 6. The van der Waals surface area contributed by atoms with Crippen LogP contribution in [-0.4, -0.2) is 51.8 Å². The van der Waals surface area contributed by atoms with Crippen molar-refractivity contribution in [3.05, 3.63) is 108 Å². The van der Waals surface area contributed by atoms with Crippen LogP contribution >= 0.6 is 0 Å². The lowest BCUT2D eigenvalue weighted by molar-refractivity contribution is -0.140. The minimum absolute atomic E-state index is 0.0546. The molecule has 228 valence electrons. The van der Waals surface area contributed by atoms with E-state index in [4.69, 9.17) is 28.4 Å². The van der Waals surface area contributed by atoms with Gasteiger partial charge in [0.1, 0.15) is 32.2 Å². The average Bonchev–Trinajstić information content (AvgIpc) is 3.00. The molecule has 3 rings (SSSR count). The summed E-state index contributed by atoms with van der Waals surface area (Å²) in [6.45, 7) is 16.4. The smallest absolute Gasteiger partial charge is 0.333 e. The second kappa shape index (κ2) is 16.2. The molecule has 2 unspecified atom stereocenters. The Kier molecular flexibility index (Phi) is 12.4. The Hall–Kier alpha value is -4.56. The van der Waals surface area contributed by atoms with E-state index in [0.717, 1.165) is 23.1 Å². The Morgan fingerprint density at radius 3 is 1.95 bits per heavy atom. The number of carbonyl (C=O) groups excluding carboxylic acids is 2. The molecule has 2 atom stereocenters. The van der Waals surface area contributed by atoms with E-state index >= 15 is 0 Å². The predicted molar refractivity (Wildman–Crippen MR) is 166 cm³/mol. The molecule has 8 heteroatoms. The van der Waals surface area contributed by atoms with E-state index < -0.39 is 18.2 Å². The quantitative estimate of drug-likeness (QED) is 0.0701. The fraction of sp³-hybridized carbons (Fsp3) is 0.314. The van der Waals surface area contributed by atoms with Gasteiger partial charge in [0.05, 0.1) is 0 Å². The number of benzene rings is 2. The van der Waals surface area contributed by atoms with Gasteiger partial charge in [0.25, 0.3) is 0 Å². The van der Waals surface area contributed by atoms with Crippen molar-refractivity contribution in [1.29, 1.82) is 0 Å². The lowest BCUT2D eigenvalue weighted by Gasteiger charge is -2.20. The second-order valence-electron chi connectivity index (χ2n) is 10.2. The number of hydrogen-bond donors (Lipinski definition) is 0. The number of hydrogen-bond acceptors (Lipinski definition) is 8. The third-order valence-corrected chi connectivity index (χ3v) is 6.39. The van der Waals surface area contributed by atoms with Gasteiger partial charge in [-0.15, -0.1) is 0 Å². The molecule has 0 bridgehead atoms. The van der Waals surface area contributed by atoms with Gasteiger partial charge in [-0.1, -0.05) is 56.2 Å². The minimum Gasteiger partial charge on any atom is -0.486 e. The minimum atomic E-state index is -0.484. The van der Waals surface area contributed by atoms with E-state index in [1.54, 1.807) is 21.0 Å². The van der Waals surface area contributed by atoms with E-state index in [1.165, 1.54) is 5.56 Å². The highest BCUT2D eigenvalue weighted by molar-refractivity contribution is 5.87. The molecule has 8 nitrogen and oxygen atoms in total. The monoisotopic (exact) mass is 588 g/mol. The van der Waals surface area contributed by atoms with Gasteiger partial charge >= 0.3 is 11.9 Å². The topological polar surface area (TPSA) is 89.5 Å². The van der Waals surface area contributed by atoms with Gasteiger partial charge in [-0.2, -0.15) is 0 Å². The van der Waals surface area contributed by atoms with Crippen LogP contribution in [0.4, 0.5) is 0 Å². The van der Waals surface area contributed by atoms with Gasteiger partial charge < -0.3 is 28.4 Å². The summed E-state index contributed by atoms with van der Waals surface area (Å²) in [4.78, 5) is 23.3. The van der Waals surface area contributed by atoms with Crippen molar-refractivity contribution in [2.24, 2.45) is 0 Å². The van der Waals surface area contributed by atoms with Crippen LogP contribution in [0.5, 0.6) is 17.2 Å². The van der Waals surface area contributed by atoms with Crippen molar-refractivity contribution in [2.45, 2.75) is 39.4 Å². The van der Waals surface area contributed by atoms with Crippen LogP contribution in [-0.2, 0) is 23.8 Å². The van der Waals surface area contributed by atoms with Crippen molar-refractivity contribution in [3.63, 3.8) is 0 Å². The summed E-state index contributed by atoms with van der Waals surface area (Å²) in [5.41, 5.74) is 4.59. The van der Waals surface area contributed by atoms with Crippen LogP contribution in [0.25, 0.3) is 5.57 Å². The summed E-state index contributed by atoms with van der Waals surface area (Å²) in [5.74, 6) is 0.938. The number of methoxy groups -OCH3 is 1. The molecular weight excluding hydrogens is 548 g/mol. The average molecular weight is 589 g/mol. The first-order chi connectivity index (χ1) is 20.6. The molecule has 2 aromatic rings. The molecule has 0 radical (unpaired) electrons. The highest BCUT2D eigenvalue weighted by Gasteiger charge is 2.16. The molecular formula is C35H40O8. The highest BCUT2D eigenvalue weighted by Crippen LogP contribution is 2.35. The fourth-order valence-electron chi connectivity index (χ4n) is 4.09. The zero-order valence-corrected chi connectivity index (χ0v) is 25.4. The Labute approximate surface area is 253 Å². The lowest BCUT2D eigenvalue weighted by atomic mass is 9.88. The van der Waals surface area contributed by atoms with E-state index in [1.807, 2.05) is 37.3 Å². The maximum absolute atomic E-state index is 11.7. The van der Waals surface area contributed by atoms with Gasteiger partial charge in [0, 0.05) is 24.2 Å². The molecule has 0 aromatic heterocycles. The van der Waals surface area contributed by atoms with Gasteiger partial charge in [0.15, 0.2) is 11.5 Å². The first-order valence-corrected chi connectivity index (χ1v) is 14.0. The fourth-order valence-corrected chi connectivity index (χ4v) is 4.09. The molecule has 0 spiro atoms. The summed E-state index contributed by atoms with van der Waals surface area (Å²) in [6.07, 6.45) is 6.78. The number of rotatable bonds is 16. The molecule has 0 saturated heterocycles. The van der Waals surface area contributed by atoms with E-state index in [-0.39, 0.29) is 32.3 Å². The summed E-state index contributed by atoms with van der Waals surface area (Å²) in [5, 5.41) is 0. The molecule has 0 N–H and O–H groups in total. The van der Waals surface area contributed by atoms with Crippen LogP contribution in [0.3, 0.4) is 0 Å². The normalized spacial score (nSPS) is 14.6. The van der Waals surface area contributed by atoms with Crippen LogP contribution in [0, 0.1) is 0 Å². The zero-order chi connectivity index (χ0) is 31.4. The standard InChI is InChI=1S/C35H40O8/c1-23(2)33(36)41-20-18-39-31-17-14-29(22-32(31)40-19-21-42-34(37)24(3)4)28-10-8-26(9-11-28)27-12-15-30(16-13-27)43-35(38-7)25(5)6/h8,10-17,22,26,35H,1,3,5,9,18-21H2,2,4,6-7H3. The molecule has 43 heavy (non-hydrogen) atoms. The van der Waals surface area contributed by atoms with Crippen molar-refractivity contribution >= 4 is 17.5 Å². The van der Waals surface area contributed by atoms with E-state index in [2.05, 4.69) is 50.1 Å². The van der Waals surface area contributed by atoms with Crippen molar-refractivity contribution in [1.82, 2.24) is 0 Å². The largest absolute Gasteiger partial charge is 0.486 e. The van der Waals surface area contributed by atoms with Crippen LogP contribution in [0.2, 0.25) is 0 Å². The van der Waals surface area contributed by atoms with E-state index in [9.17, 15) is 9.59 Å². The molecule has 1 aliphatic rings. The second-order valence-corrected chi connectivity index (χ2v) is 10.2. The van der Waals surface area contributed by atoms with Crippen LogP contribution in [0.1, 0.15) is 44.2 Å². The Morgan fingerprint density at radius 2 is 1.44 bits per heavy atom. The molecule has 0 heterocycles. The third-order valence-electron chi connectivity index (χ3n) is 6.39. The van der Waals surface area contributed by atoms with E-state index in [0.29, 0.717) is 28.4 Å². The van der Waals surface area contributed by atoms with Crippen molar-refractivity contribution < 1.29 is 38.0 Å². The van der Waals surface area contributed by atoms with Crippen molar-refractivity contribution in [3.8, 4) is 17.2 Å². The van der Waals surface area contributed by atoms with Crippen LogP contribution in [0.15, 0.2) is 97.1 Å². The SMILES string of the molecule is C=C(C)C(=O)OCCOc1ccc(C2=CCC(c3ccc(OC(OC)C(=C)C)cc3)C=C2)cc1OCCOC(=O)C(=C)C. The summed E-state index contributed by atoms with van der Waals surface area (Å²) in [7, 11) is 1.59. The maximum atomic E-state index is 11.7. The maximum Gasteiger partial charge on any atom is 0.333 e. The Bertz CT molecular complexity index is 1380. The Morgan fingerprint density at radius 1 is 0.837 bits per heavy atom. The summed E-state index contributed by atoms with van der Waals surface area (Å²) < 4.78 is 33.2. The van der Waals surface area contributed by atoms with Gasteiger partial charge in [0.2, 0.25) is 6.29 Å². The predicted octanol–water partition coefficient (Wildman–Crippen LogP) is 6.74. The molecule has 1 aliphatic carbocycles. The van der Waals surface area contributed by atoms with Gasteiger partial charge in [-0.05, 0) is 73.7 Å². The number of esters is 2. The van der Waals surface area contributed by atoms with Crippen LogP contribution < -0.4 is 14.2 Å².